The molecule has 8 heteroatoms. The Hall–Kier alpha value is -3.68. The molecule has 1 aromatic heterocycles. The van der Waals surface area contributed by atoms with E-state index in [1.807, 2.05) is 73.6 Å². The van der Waals surface area contributed by atoms with E-state index >= 15 is 0 Å². The normalized spacial score (nSPS) is 10.5. The molecule has 0 spiro atoms. The summed E-state index contributed by atoms with van der Waals surface area (Å²) < 4.78 is 10.2. The van der Waals surface area contributed by atoms with E-state index in [0.29, 0.717) is 18.3 Å². The van der Waals surface area contributed by atoms with Crippen LogP contribution in [0.5, 0.6) is 0 Å². The second kappa shape index (κ2) is 10.2. The van der Waals surface area contributed by atoms with Gasteiger partial charge in [0.2, 0.25) is 11.7 Å². The van der Waals surface area contributed by atoms with Crippen LogP contribution in [0.25, 0.3) is 11.4 Å². The maximum atomic E-state index is 11.9. The number of carbonyl (C=O) groups is 2. The third-order valence-electron chi connectivity index (χ3n) is 4.35. The molecule has 8 nitrogen and oxygen atoms in total. The molecule has 1 N–H and O–H groups in total. The van der Waals surface area contributed by atoms with Crippen LogP contribution >= 0.6 is 0 Å². The number of hydrogen-bond acceptors (Lipinski definition) is 7. The number of benzene rings is 2. The number of carbonyl (C=O) groups excluding carboxylic acids is 2. The fourth-order valence-electron chi connectivity index (χ4n) is 2.65. The molecule has 0 bridgehead atoms. The average molecular weight is 408 g/mol. The average Bonchev–Trinajstić information content (AvgIpc) is 3.25. The minimum absolute atomic E-state index is 0.0513. The number of esters is 1. The lowest BCUT2D eigenvalue weighted by atomic mass is 10.2. The van der Waals surface area contributed by atoms with Crippen LogP contribution in [-0.2, 0) is 27.3 Å². The molecule has 1 heterocycles. The molecule has 0 aliphatic rings. The highest BCUT2D eigenvalue weighted by Gasteiger charge is 2.12. The van der Waals surface area contributed by atoms with Crippen LogP contribution in [0.4, 0.5) is 5.69 Å². The van der Waals surface area contributed by atoms with Crippen molar-refractivity contribution in [2.75, 3.05) is 25.6 Å². The molecule has 0 aliphatic carbocycles. The Morgan fingerprint density at radius 3 is 2.50 bits per heavy atom. The van der Waals surface area contributed by atoms with Crippen molar-refractivity contribution in [1.29, 1.82) is 0 Å². The van der Waals surface area contributed by atoms with Gasteiger partial charge in [0.05, 0.1) is 6.42 Å². The molecule has 156 valence electrons. The van der Waals surface area contributed by atoms with Gasteiger partial charge in [0.25, 0.3) is 5.91 Å². The molecule has 0 unspecified atom stereocenters. The van der Waals surface area contributed by atoms with Gasteiger partial charge in [-0.15, -0.1) is 0 Å². The van der Waals surface area contributed by atoms with Crippen LogP contribution in [-0.4, -0.2) is 42.7 Å². The van der Waals surface area contributed by atoms with Crippen molar-refractivity contribution in [1.82, 2.24) is 15.5 Å². The Bertz CT molecular complexity index is 968. The molecule has 0 saturated heterocycles. The minimum Gasteiger partial charge on any atom is -0.456 e. The number of anilines is 1. The highest BCUT2D eigenvalue weighted by molar-refractivity contribution is 5.80. The Balaban J connectivity index is 1.36. The lowest BCUT2D eigenvalue weighted by molar-refractivity contribution is -0.148. The van der Waals surface area contributed by atoms with Crippen LogP contribution < -0.4 is 10.2 Å². The van der Waals surface area contributed by atoms with Gasteiger partial charge in [0.1, 0.15) is 0 Å². The van der Waals surface area contributed by atoms with Crippen molar-refractivity contribution in [2.45, 2.75) is 19.4 Å². The number of hydrogen-bond donors (Lipinski definition) is 1. The predicted octanol–water partition coefficient (Wildman–Crippen LogP) is 2.59. The maximum Gasteiger partial charge on any atom is 0.306 e. The smallest absolute Gasteiger partial charge is 0.306 e. The zero-order chi connectivity index (χ0) is 21.3. The molecule has 3 rings (SSSR count). The Morgan fingerprint density at radius 2 is 1.80 bits per heavy atom. The first kappa shape index (κ1) is 21.0. The summed E-state index contributed by atoms with van der Waals surface area (Å²) in [7, 11) is 3.93. The summed E-state index contributed by atoms with van der Waals surface area (Å²) in [6.45, 7) is 0.0437. The number of rotatable bonds is 9. The van der Waals surface area contributed by atoms with Gasteiger partial charge in [-0.25, -0.2) is 0 Å². The molecular weight excluding hydrogens is 384 g/mol. The molecule has 0 atom stereocenters. The van der Waals surface area contributed by atoms with Gasteiger partial charge in [0, 0.05) is 38.3 Å². The van der Waals surface area contributed by atoms with Gasteiger partial charge in [-0.1, -0.05) is 47.6 Å². The zero-order valence-electron chi connectivity index (χ0n) is 17.0. The van der Waals surface area contributed by atoms with E-state index in [-0.39, 0.29) is 25.4 Å². The lowest BCUT2D eigenvalue weighted by Crippen LogP contribution is -2.28. The first-order chi connectivity index (χ1) is 14.5. The third kappa shape index (κ3) is 6.16. The first-order valence-corrected chi connectivity index (χ1v) is 9.58. The van der Waals surface area contributed by atoms with Crippen molar-refractivity contribution in [2.24, 2.45) is 0 Å². The highest BCUT2D eigenvalue weighted by atomic mass is 16.5. The third-order valence-corrected chi connectivity index (χ3v) is 4.35. The van der Waals surface area contributed by atoms with E-state index in [1.54, 1.807) is 0 Å². The molecular formula is C22H24N4O4. The van der Waals surface area contributed by atoms with Crippen LogP contribution in [0.3, 0.4) is 0 Å². The number of nitrogens with zero attached hydrogens (tertiary/aromatic N) is 3. The Labute approximate surface area is 174 Å². The SMILES string of the molecule is CN(C)c1ccc(CNC(=O)COC(=O)CCc2nc(-c3ccccc3)no2)cc1. The number of ether oxygens (including phenoxy) is 1. The van der Waals surface area contributed by atoms with Gasteiger partial charge < -0.3 is 19.5 Å². The first-order valence-electron chi connectivity index (χ1n) is 9.58. The number of amides is 1. The summed E-state index contributed by atoms with van der Waals surface area (Å²) in [6.07, 6.45) is 0.300. The fraction of sp³-hybridized carbons (Fsp3) is 0.273. The molecule has 0 saturated carbocycles. The highest BCUT2D eigenvalue weighted by Crippen LogP contribution is 2.15. The number of aromatic nitrogens is 2. The molecule has 3 aromatic rings. The quantitative estimate of drug-likeness (QED) is 0.544. The molecule has 30 heavy (non-hydrogen) atoms. The number of nitrogens with one attached hydrogen (secondary N) is 1. The van der Waals surface area contributed by atoms with E-state index in [1.165, 1.54) is 0 Å². The maximum absolute atomic E-state index is 11.9. The zero-order valence-corrected chi connectivity index (χ0v) is 17.0. The topological polar surface area (TPSA) is 97.6 Å². The van der Waals surface area contributed by atoms with E-state index in [0.717, 1.165) is 16.8 Å². The summed E-state index contributed by atoms with van der Waals surface area (Å²) >= 11 is 0. The van der Waals surface area contributed by atoms with Crippen molar-refractivity contribution in [3.8, 4) is 11.4 Å². The van der Waals surface area contributed by atoms with Crippen molar-refractivity contribution < 1.29 is 18.8 Å². The molecule has 0 fully saturated rings. The van der Waals surface area contributed by atoms with Crippen LogP contribution in [0.2, 0.25) is 0 Å². The standard InChI is InChI=1S/C22H24N4O4/c1-26(2)18-10-8-16(9-11-18)14-23-19(27)15-29-21(28)13-12-20-24-22(25-30-20)17-6-4-3-5-7-17/h3-11H,12-15H2,1-2H3,(H,23,27). The summed E-state index contributed by atoms with van der Waals surface area (Å²) in [4.78, 5) is 30.0. The summed E-state index contributed by atoms with van der Waals surface area (Å²) in [5.74, 6) is -0.0440. The second-order valence-corrected chi connectivity index (χ2v) is 6.88. The van der Waals surface area contributed by atoms with Gasteiger partial charge in [0.15, 0.2) is 6.61 Å². The largest absolute Gasteiger partial charge is 0.456 e. The van der Waals surface area contributed by atoms with E-state index in [2.05, 4.69) is 15.5 Å². The molecule has 0 aliphatic heterocycles. The van der Waals surface area contributed by atoms with Crippen molar-refractivity contribution in [3.05, 3.63) is 66.1 Å². The predicted molar refractivity (Wildman–Crippen MR) is 112 cm³/mol. The van der Waals surface area contributed by atoms with E-state index in [4.69, 9.17) is 9.26 Å². The molecule has 0 radical (unpaired) electrons. The van der Waals surface area contributed by atoms with Gasteiger partial charge >= 0.3 is 5.97 Å². The van der Waals surface area contributed by atoms with Crippen LogP contribution in [0.15, 0.2) is 59.1 Å². The Kier molecular flexibility index (Phi) is 7.15. The summed E-state index contributed by atoms with van der Waals surface area (Å²) in [5.41, 5.74) is 2.88. The van der Waals surface area contributed by atoms with Crippen LogP contribution in [0.1, 0.15) is 17.9 Å². The minimum atomic E-state index is -0.500. The Morgan fingerprint density at radius 1 is 1.07 bits per heavy atom. The van der Waals surface area contributed by atoms with Crippen molar-refractivity contribution >= 4 is 17.6 Å². The fourth-order valence-corrected chi connectivity index (χ4v) is 2.65. The lowest BCUT2D eigenvalue weighted by Gasteiger charge is -2.13. The van der Waals surface area contributed by atoms with Gasteiger partial charge in [-0.3, -0.25) is 9.59 Å². The monoisotopic (exact) mass is 408 g/mol. The van der Waals surface area contributed by atoms with Crippen LogP contribution in [0, 0.1) is 0 Å². The van der Waals surface area contributed by atoms with E-state index in [9.17, 15) is 9.59 Å². The second-order valence-electron chi connectivity index (χ2n) is 6.88. The van der Waals surface area contributed by atoms with Gasteiger partial charge in [-0.2, -0.15) is 4.98 Å². The van der Waals surface area contributed by atoms with Crippen molar-refractivity contribution in [3.63, 3.8) is 0 Å². The number of aryl methyl sites for hydroxylation is 1. The summed E-state index contributed by atoms with van der Waals surface area (Å²) in [5, 5.41) is 6.63. The molecule has 1 amide bonds. The molecule has 2 aromatic carbocycles. The van der Waals surface area contributed by atoms with E-state index < -0.39 is 5.97 Å². The summed E-state index contributed by atoms with van der Waals surface area (Å²) in [6, 6.07) is 17.2. The van der Waals surface area contributed by atoms with Gasteiger partial charge in [-0.05, 0) is 17.7 Å².